The number of carbonyl (C=O) groups excluding carboxylic acids is 1. The molecule has 7 heteroatoms. The van der Waals surface area contributed by atoms with E-state index in [1.807, 2.05) is 6.92 Å². The summed E-state index contributed by atoms with van der Waals surface area (Å²) in [4.78, 5) is 20.9. The van der Waals surface area contributed by atoms with Crippen molar-refractivity contribution in [2.24, 2.45) is 5.41 Å². The van der Waals surface area contributed by atoms with Crippen LogP contribution in [0.3, 0.4) is 0 Å². The standard InChI is InChI=1S/C18H24N4O2S/c1-13-19-17(20-24-13)11-21-6-4-18(5-7-21)9-16(18)22(14(2)23)10-15-3-8-25-12-15/h3,8,12,16H,4-7,9-11H2,1-2H3/t16-/m0/s1. The van der Waals surface area contributed by atoms with Crippen LogP contribution in [0.25, 0.3) is 0 Å². The van der Waals surface area contributed by atoms with Crippen molar-refractivity contribution >= 4 is 17.2 Å². The Morgan fingerprint density at radius 2 is 2.28 bits per heavy atom. The quantitative estimate of drug-likeness (QED) is 0.820. The topological polar surface area (TPSA) is 62.5 Å². The lowest BCUT2D eigenvalue weighted by Gasteiger charge is -2.34. The lowest BCUT2D eigenvalue weighted by atomic mass is 9.92. The first-order chi connectivity index (χ1) is 12.1. The van der Waals surface area contributed by atoms with Crippen LogP contribution in [0.4, 0.5) is 0 Å². The Kier molecular flexibility index (Phi) is 4.37. The van der Waals surface area contributed by atoms with Gasteiger partial charge in [-0.05, 0) is 60.2 Å². The molecule has 0 N–H and O–H groups in total. The van der Waals surface area contributed by atoms with Gasteiger partial charge in [-0.3, -0.25) is 9.69 Å². The van der Waals surface area contributed by atoms with E-state index in [-0.39, 0.29) is 5.91 Å². The summed E-state index contributed by atoms with van der Waals surface area (Å²) in [6.45, 7) is 7.09. The van der Waals surface area contributed by atoms with E-state index >= 15 is 0 Å². The normalized spacial score (nSPS) is 22.2. The van der Waals surface area contributed by atoms with E-state index in [1.165, 1.54) is 5.56 Å². The maximum absolute atomic E-state index is 12.2. The minimum atomic E-state index is 0.192. The first-order valence-electron chi connectivity index (χ1n) is 8.86. The second-order valence-electron chi connectivity index (χ2n) is 7.37. The van der Waals surface area contributed by atoms with E-state index in [1.54, 1.807) is 18.3 Å². The van der Waals surface area contributed by atoms with E-state index in [0.29, 0.717) is 17.3 Å². The van der Waals surface area contributed by atoms with Gasteiger partial charge < -0.3 is 9.42 Å². The molecule has 2 aromatic rings. The Balaban J connectivity index is 1.34. The Bertz CT molecular complexity index is 734. The molecule has 0 radical (unpaired) electrons. The maximum atomic E-state index is 12.2. The zero-order chi connectivity index (χ0) is 17.4. The molecular weight excluding hydrogens is 336 g/mol. The third-order valence-corrected chi connectivity index (χ3v) is 6.38. The largest absolute Gasteiger partial charge is 0.340 e. The highest BCUT2D eigenvalue weighted by Crippen LogP contribution is 2.57. The first-order valence-corrected chi connectivity index (χ1v) is 9.80. The van der Waals surface area contributed by atoms with Crippen LogP contribution in [-0.4, -0.2) is 45.0 Å². The summed E-state index contributed by atoms with van der Waals surface area (Å²) >= 11 is 1.69. The molecule has 1 spiro atoms. The monoisotopic (exact) mass is 360 g/mol. The molecule has 0 aromatic carbocycles. The Morgan fingerprint density at radius 1 is 1.48 bits per heavy atom. The average Bonchev–Trinajstić information content (AvgIpc) is 2.94. The molecule has 2 aromatic heterocycles. The van der Waals surface area contributed by atoms with Gasteiger partial charge in [0.25, 0.3) is 0 Å². The van der Waals surface area contributed by atoms with Gasteiger partial charge in [0.1, 0.15) is 0 Å². The molecule has 2 fully saturated rings. The van der Waals surface area contributed by atoms with E-state index in [9.17, 15) is 4.79 Å². The number of carbonyl (C=O) groups is 1. The summed E-state index contributed by atoms with van der Waals surface area (Å²) in [7, 11) is 0. The van der Waals surface area contributed by atoms with Crippen molar-refractivity contribution in [2.45, 2.75) is 52.2 Å². The van der Waals surface area contributed by atoms with Crippen LogP contribution in [0.15, 0.2) is 21.3 Å². The van der Waals surface area contributed by atoms with Crippen molar-refractivity contribution in [3.05, 3.63) is 34.1 Å². The van der Waals surface area contributed by atoms with Gasteiger partial charge in [0, 0.05) is 26.4 Å². The number of likely N-dealkylation sites (tertiary alicyclic amines) is 1. The molecule has 1 saturated carbocycles. The zero-order valence-electron chi connectivity index (χ0n) is 14.8. The smallest absolute Gasteiger partial charge is 0.223 e. The predicted octanol–water partition coefficient (Wildman–Crippen LogP) is 2.84. The van der Waals surface area contributed by atoms with Crippen LogP contribution in [0, 0.1) is 12.3 Å². The molecule has 1 aliphatic carbocycles. The minimum absolute atomic E-state index is 0.192. The molecule has 2 aliphatic rings. The van der Waals surface area contributed by atoms with Crippen LogP contribution in [0.5, 0.6) is 0 Å². The molecule has 3 heterocycles. The summed E-state index contributed by atoms with van der Waals surface area (Å²) in [6, 6.07) is 2.52. The number of aromatic nitrogens is 2. The molecule has 1 atom stereocenters. The van der Waals surface area contributed by atoms with E-state index in [2.05, 4.69) is 36.8 Å². The Labute approximate surface area is 151 Å². The summed E-state index contributed by atoms with van der Waals surface area (Å²) in [6.07, 6.45) is 3.43. The fourth-order valence-corrected chi connectivity index (χ4v) is 4.75. The van der Waals surface area contributed by atoms with E-state index < -0.39 is 0 Å². The number of nitrogens with zero attached hydrogens (tertiary/aromatic N) is 4. The van der Waals surface area contributed by atoms with Crippen molar-refractivity contribution in [1.82, 2.24) is 19.9 Å². The van der Waals surface area contributed by atoms with Crippen LogP contribution >= 0.6 is 11.3 Å². The van der Waals surface area contributed by atoms with Gasteiger partial charge >= 0.3 is 0 Å². The van der Waals surface area contributed by atoms with Crippen LogP contribution in [0.2, 0.25) is 0 Å². The van der Waals surface area contributed by atoms with Gasteiger partial charge in [-0.2, -0.15) is 16.3 Å². The van der Waals surface area contributed by atoms with Gasteiger partial charge in [0.05, 0.1) is 6.54 Å². The highest BCUT2D eigenvalue weighted by atomic mass is 32.1. The summed E-state index contributed by atoms with van der Waals surface area (Å²) < 4.78 is 5.05. The minimum Gasteiger partial charge on any atom is -0.340 e. The van der Waals surface area contributed by atoms with Crippen molar-refractivity contribution in [3.8, 4) is 0 Å². The molecule has 1 saturated heterocycles. The number of amides is 1. The molecule has 0 unspecified atom stereocenters. The highest BCUT2D eigenvalue weighted by molar-refractivity contribution is 7.07. The van der Waals surface area contributed by atoms with E-state index in [4.69, 9.17) is 4.52 Å². The third kappa shape index (κ3) is 3.48. The third-order valence-electron chi connectivity index (χ3n) is 5.65. The van der Waals surface area contributed by atoms with Gasteiger partial charge in [-0.15, -0.1) is 0 Å². The van der Waals surface area contributed by atoms with Gasteiger partial charge in [0.2, 0.25) is 11.8 Å². The molecule has 134 valence electrons. The van der Waals surface area contributed by atoms with Crippen molar-refractivity contribution in [3.63, 3.8) is 0 Å². The van der Waals surface area contributed by atoms with Crippen molar-refractivity contribution < 1.29 is 9.32 Å². The number of rotatable bonds is 5. The first kappa shape index (κ1) is 16.7. The number of hydrogen-bond donors (Lipinski definition) is 0. The average molecular weight is 360 g/mol. The summed E-state index contributed by atoms with van der Waals surface area (Å²) in [5, 5.41) is 8.21. The highest BCUT2D eigenvalue weighted by Gasteiger charge is 2.58. The lowest BCUT2D eigenvalue weighted by Crippen LogP contribution is -2.39. The second kappa shape index (κ2) is 6.53. The molecule has 25 heavy (non-hydrogen) atoms. The van der Waals surface area contributed by atoms with Crippen molar-refractivity contribution in [1.29, 1.82) is 0 Å². The van der Waals surface area contributed by atoms with Crippen molar-refractivity contribution in [2.75, 3.05) is 13.1 Å². The van der Waals surface area contributed by atoms with Crippen LogP contribution in [0.1, 0.15) is 43.5 Å². The zero-order valence-corrected chi connectivity index (χ0v) is 15.6. The number of thiophene rings is 1. The van der Waals surface area contributed by atoms with Gasteiger partial charge in [-0.1, -0.05) is 5.16 Å². The SMILES string of the molecule is CC(=O)N(Cc1ccsc1)[C@H]1CC12CCN(Cc1noc(C)n1)CC2. The van der Waals surface area contributed by atoms with Gasteiger partial charge in [-0.25, -0.2) is 0 Å². The summed E-state index contributed by atoms with van der Waals surface area (Å²) in [5.41, 5.74) is 1.57. The molecular formula is C18H24N4O2S. The molecule has 1 amide bonds. The van der Waals surface area contributed by atoms with E-state index in [0.717, 1.165) is 51.3 Å². The van der Waals surface area contributed by atoms with Gasteiger partial charge in [0.15, 0.2) is 5.82 Å². The fourth-order valence-electron chi connectivity index (χ4n) is 4.09. The summed E-state index contributed by atoms with van der Waals surface area (Å²) in [5.74, 6) is 1.58. The second-order valence-corrected chi connectivity index (χ2v) is 8.15. The fraction of sp³-hybridized carbons (Fsp3) is 0.611. The molecule has 4 rings (SSSR count). The molecule has 6 nitrogen and oxygen atoms in total. The predicted molar refractivity (Wildman–Crippen MR) is 94.9 cm³/mol. The Hall–Kier alpha value is -1.73. The Morgan fingerprint density at radius 3 is 2.88 bits per heavy atom. The number of hydrogen-bond acceptors (Lipinski definition) is 6. The van der Waals surface area contributed by atoms with Crippen LogP contribution in [-0.2, 0) is 17.9 Å². The number of piperidine rings is 1. The molecule has 1 aliphatic heterocycles. The van der Waals surface area contributed by atoms with Crippen LogP contribution < -0.4 is 0 Å². The lowest BCUT2D eigenvalue weighted by molar-refractivity contribution is -0.130. The maximum Gasteiger partial charge on any atom is 0.223 e. The molecule has 0 bridgehead atoms. The number of aryl methyl sites for hydroxylation is 1.